The van der Waals surface area contributed by atoms with E-state index in [9.17, 15) is 8.42 Å². The van der Waals surface area contributed by atoms with Crippen molar-refractivity contribution in [2.75, 3.05) is 13.1 Å². The molecule has 5 nitrogen and oxygen atoms in total. The van der Waals surface area contributed by atoms with Crippen LogP contribution >= 0.6 is 11.3 Å². The summed E-state index contributed by atoms with van der Waals surface area (Å²) in [6.45, 7) is 8.99. The Kier molecular flexibility index (Phi) is 5.40. The van der Waals surface area contributed by atoms with Gasteiger partial charge in [-0.15, -0.1) is 0 Å². The van der Waals surface area contributed by atoms with Gasteiger partial charge in [0, 0.05) is 13.1 Å². The summed E-state index contributed by atoms with van der Waals surface area (Å²) in [4.78, 5) is 5.04. The van der Waals surface area contributed by atoms with Crippen molar-refractivity contribution in [3.63, 3.8) is 0 Å². The number of thiazole rings is 1. The van der Waals surface area contributed by atoms with Gasteiger partial charge in [-0.3, -0.25) is 0 Å². The predicted molar refractivity (Wildman–Crippen MR) is 117 cm³/mol. The van der Waals surface area contributed by atoms with Gasteiger partial charge in [-0.25, -0.2) is 13.4 Å². The molecule has 0 spiro atoms. The zero-order valence-corrected chi connectivity index (χ0v) is 18.9. The molecule has 2 aromatic carbocycles. The lowest BCUT2D eigenvalue weighted by Crippen LogP contribution is -2.41. The second kappa shape index (κ2) is 7.70. The van der Waals surface area contributed by atoms with E-state index < -0.39 is 10.0 Å². The molecule has 1 aromatic heterocycles. The number of hydrogen-bond acceptors (Lipinski definition) is 5. The molecule has 3 aromatic rings. The largest absolute Gasteiger partial charge is 0.467 e. The molecule has 1 aliphatic heterocycles. The topological polar surface area (TPSA) is 59.5 Å². The monoisotopic (exact) mass is 430 g/mol. The van der Waals surface area contributed by atoms with Crippen LogP contribution in [0.25, 0.3) is 10.2 Å². The van der Waals surface area contributed by atoms with Crippen LogP contribution in [0.4, 0.5) is 0 Å². The second-order valence-corrected chi connectivity index (χ2v) is 10.7. The third-order valence-corrected chi connectivity index (χ3v) is 8.68. The number of piperidine rings is 1. The highest BCUT2D eigenvalue weighted by Crippen LogP contribution is 2.34. The van der Waals surface area contributed by atoms with Gasteiger partial charge in [-0.1, -0.05) is 29.5 Å². The molecule has 0 amide bonds. The van der Waals surface area contributed by atoms with Crippen molar-refractivity contribution in [1.82, 2.24) is 9.29 Å². The molecule has 0 saturated carbocycles. The average Bonchev–Trinajstić information content (AvgIpc) is 3.12. The maximum atomic E-state index is 13.0. The Labute approximate surface area is 176 Å². The van der Waals surface area contributed by atoms with Crippen LogP contribution in [0, 0.1) is 27.7 Å². The van der Waals surface area contributed by atoms with Gasteiger partial charge in [0.15, 0.2) is 0 Å². The number of nitrogens with zero attached hydrogens (tertiary/aromatic N) is 2. The molecule has 0 bridgehead atoms. The number of aromatic nitrogens is 1. The van der Waals surface area contributed by atoms with E-state index in [0.29, 0.717) is 36.0 Å². The van der Waals surface area contributed by atoms with E-state index in [0.717, 1.165) is 26.9 Å². The highest BCUT2D eigenvalue weighted by Gasteiger charge is 2.30. The van der Waals surface area contributed by atoms with Crippen LogP contribution in [-0.2, 0) is 10.0 Å². The SMILES string of the molecule is Cc1ccc(S(=O)(=O)N2CCC(Oc3nc4c(C)ccc(C)c4s3)CC2)cc1C. The molecule has 0 atom stereocenters. The Balaban J connectivity index is 1.45. The fraction of sp³-hybridized carbons (Fsp3) is 0.409. The Hall–Kier alpha value is -1.96. The van der Waals surface area contributed by atoms with Crippen LogP contribution in [0.3, 0.4) is 0 Å². The molecular weight excluding hydrogens is 404 g/mol. The molecule has 154 valence electrons. The minimum atomic E-state index is -3.46. The summed E-state index contributed by atoms with van der Waals surface area (Å²) in [6.07, 6.45) is 1.32. The van der Waals surface area contributed by atoms with Gasteiger partial charge in [0.2, 0.25) is 10.0 Å². The summed E-state index contributed by atoms with van der Waals surface area (Å²) in [5, 5.41) is 0.674. The van der Waals surface area contributed by atoms with E-state index in [4.69, 9.17) is 4.74 Å². The van der Waals surface area contributed by atoms with Crippen molar-refractivity contribution < 1.29 is 13.2 Å². The highest BCUT2D eigenvalue weighted by atomic mass is 32.2. The second-order valence-electron chi connectivity index (χ2n) is 7.82. The van der Waals surface area contributed by atoms with Crippen molar-refractivity contribution in [3.8, 4) is 5.19 Å². The van der Waals surface area contributed by atoms with E-state index in [1.54, 1.807) is 27.8 Å². The number of sulfonamides is 1. The minimum absolute atomic E-state index is 0.0117. The summed E-state index contributed by atoms with van der Waals surface area (Å²) in [5.74, 6) is 0. The lowest BCUT2D eigenvalue weighted by atomic mass is 10.1. The smallest absolute Gasteiger partial charge is 0.274 e. The lowest BCUT2D eigenvalue weighted by molar-refractivity contribution is 0.135. The standard InChI is InChI=1S/C22H26N2O3S2/c1-14-7-8-19(13-17(14)4)29(25,26)24-11-9-18(10-12-24)27-22-23-20-15(2)5-6-16(3)21(20)28-22/h5-8,13,18H,9-12H2,1-4H3. The number of ether oxygens (including phenoxy) is 1. The highest BCUT2D eigenvalue weighted by molar-refractivity contribution is 7.89. The number of hydrogen-bond donors (Lipinski definition) is 0. The van der Waals surface area contributed by atoms with Crippen molar-refractivity contribution >= 4 is 31.6 Å². The summed E-state index contributed by atoms with van der Waals surface area (Å²) in [5.41, 5.74) is 5.43. The van der Waals surface area contributed by atoms with E-state index >= 15 is 0 Å². The van der Waals surface area contributed by atoms with Crippen molar-refractivity contribution in [3.05, 3.63) is 52.6 Å². The zero-order valence-electron chi connectivity index (χ0n) is 17.2. The first-order valence-corrected chi connectivity index (χ1v) is 12.1. The average molecular weight is 431 g/mol. The quantitative estimate of drug-likeness (QED) is 0.599. The minimum Gasteiger partial charge on any atom is -0.467 e. The first-order valence-electron chi connectivity index (χ1n) is 9.86. The van der Waals surface area contributed by atoms with Gasteiger partial charge in [-0.05, 0) is 74.9 Å². The lowest BCUT2D eigenvalue weighted by Gasteiger charge is -2.30. The van der Waals surface area contributed by atoms with Gasteiger partial charge >= 0.3 is 0 Å². The first-order chi connectivity index (χ1) is 13.8. The Morgan fingerprint density at radius 3 is 2.28 bits per heavy atom. The normalized spacial score (nSPS) is 16.4. The van der Waals surface area contributed by atoms with E-state index in [2.05, 4.69) is 31.0 Å². The maximum Gasteiger partial charge on any atom is 0.274 e. The van der Waals surface area contributed by atoms with Crippen molar-refractivity contribution in [1.29, 1.82) is 0 Å². The zero-order chi connectivity index (χ0) is 20.8. The molecule has 29 heavy (non-hydrogen) atoms. The van der Waals surface area contributed by atoms with Crippen LogP contribution in [-0.4, -0.2) is 36.9 Å². The summed E-state index contributed by atoms with van der Waals surface area (Å²) < 4.78 is 34.8. The number of benzene rings is 2. The molecule has 0 N–H and O–H groups in total. The molecule has 1 fully saturated rings. The van der Waals surface area contributed by atoms with E-state index in [1.165, 1.54) is 5.56 Å². The van der Waals surface area contributed by atoms with Gasteiger partial charge in [-0.2, -0.15) is 4.31 Å². The fourth-order valence-electron chi connectivity index (χ4n) is 3.65. The van der Waals surface area contributed by atoms with Crippen LogP contribution in [0.1, 0.15) is 35.1 Å². The molecule has 2 heterocycles. The molecule has 0 radical (unpaired) electrons. The molecular formula is C22H26N2O3S2. The van der Waals surface area contributed by atoms with Gasteiger partial charge < -0.3 is 4.74 Å². The predicted octanol–water partition coefficient (Wildman–Crippen LogP) is 4.76. The molecule has 7 heteroatoms. The third-order valence-electron chi connectivity index (χ3n) is 5.71. The molecule has 1 aliphatic rings. The Morgan fingerprint density at radius 1 is 0.966 bits per heavy atom. The van der Waals surface area contributed by atoms with Gasteiger partial charge in [0.25, 0.3) is 5.19 Å². The summed E-state index contributed by atoms with van der Waals surface area (Å²) in [6, 6.07) is 9.52. The maximum absolute atomic E-state index is 13.0. The molecule has 0 aliphatic carbocycles. The number of aryl methyl sites for hydroxylation is 4. The first kappa shape index (κ1) is 20.3. The van der Waals surface area contributed by atoms with E-state index in [-0.39, 0.29) is 6.10 Å². The van der Waals surface area contributed by atoms with Gasteiger partial charge in [0.1, 0.15) is 6.10 Å². The van der Waals surface area contributed by atoms with Crippen LogP contribution < -0.4 is 4.74 Å². The molecule has 0 unspecified atom stereocenters. The molecule has 4 rings (SSSR count). The fourth-order valence-corrected chi connectivity index (χ4v) is 6.23. The van der Waals surface area contributed by atoms with E-state index in [1.807, 2.05) is 19.9 Å². The Bertz CT molecular complexity index is 1120. The van der Waals surface area contributed by atoms with Crippen LogP contribution in [0.5, 0.6) is 5.19 Å². The number of rotatable bonds is 4. The van der Waals surface area contributed by atoms with Crippen molar-refractivity contribution in [2.45, 2.75) is 51.5 Å². The van der Waals surface area contributed by atoms with Crippen LogP contribution in [0.15, 0.2) is 35.2 Å². The summed E-state index contributed by atoms with van der Waals surface area (Å²) >= 11 is 1.57. The van der Waals surface area contributed by atoms with Crippen molar-refractivity contribution in [2.24, 2.45) is 0 Å². The van der Waals surface area contributed by atoms with Crippen LogP contribution in [0.2, 0.25) is 0 Å². The van der Waals surface area contributed by atoms with Gasteiger partial charge in [0.05, 0.1) is 15.1 Å². The molecule has 1 saturated heterocycles. The Morgan fingerprint density at radius 2 is 1.62 bits per heavy atom. The summed E-state index contributed by atoms with van der Waals surface area (Å²) in [7, 11) is -3.46. The third kappa shape index (κ3) is 3.91. The number of fused-ring (bicyclic) bond motifs is 1.